The molecule has 2 nitrogen and oxygen atoms in total. The van der Waals surface area contributed by atoms with Crippen molar-refractivity contribution in [1.29, 1.82) is 0 Å². The van der Waals surface area contributed by atoms with Crippen molar-refractivity contribution in [3.05, 3.63) is 0 Å². The second-order valence-electron chi connectivity index (χ2n) is 3.09. The number of halogens is 4. The van der Waals surface area contributed by atoms with E-state index in [1.165, 1.54) is 0 Å². The number of carbonyl (C=O) groups excluding carboxylic acids is 1. The molecule has 78 valence electrons. The van der Waals surface area contributed by atoms with Crippen molar-refractivity contribution in [2.45, 2.75) is 30.8 Å². The molecule has 0 unspecified atom stereocenters. The van der Waals surface area contributed by atoms with E-state index in [1.807, 2.05) is 0 Å². The summed E-state index contributed by atoms with van der Waals surface area (Å²) in [5.74, 6) is -0.447. The van der Waals surface area contributed by atoms with E-state index >= 15 is 0 Å². The molecular formula is C7H11BrF3NO. The zero-order chi connectivity index (χ0) is 10.7. The Morgan fingerprint density at radius 1 is 1.38 bits per heavy atom. The number of hydrogen-bond donors (Lipinski definition) is 1. The second kappa shape index (κ2) is 4.30. The second-order valence-corrected chi connectivity index (χ2v) is 5.08. The van der Waals surface area contributed by atoms with Gasteiger partial charge in [0.05, 0.1) is 10.7 Å². The van der Waals surface area contributed by atoms with Crippen molar-refractivity contribution in [1.82, 2.24) is 5.32 Å². The quantitative estimate of drug-likeness (QED) is 0.776. The van der Waals surface area contributed by atoms with Crippen LogP contribution in [0.1, 0.15) is 20.3 Å². The van der Waals surface area contributed by atoms with Gasteiger partial charge >= 0.3 is 6.18 Å². The molecule has 6 heteroatoms. The number of hydrogen-bond acceptors (Lipinski definition) is 1. The largest absolute Gasteiger partial charge is 0.390 e. The summed E-state index contributed by atoms with van der Waals surface area (Å²) in [5.41, 5.74) is 0. The Kier molecular flexibility index (Phi) is 4.22. The van der Waals surface area contributed by atoms with Crippen LogP contribution in [-0.4, -0.2) is 23.0 Å². The Hall–Kier alpha value is -0.260. The monoisotopic (exact) mass is 261 g/mol. The minimum Gasteiger partial charge on any atom is -0.355 e. The summed E-state index contributed by atoms with van der Waals surface area (Å²) in [4.78, 5) is 11.0. The highest BCUT2D eigenvalue weighted by Gasteiger charge is 2.28. The number of amides is 1. The van der Waals surface area contributed by atoms with Gasteiger partial charge in [0.1, 0.15) is 0 Å². The normalized spacial score (nSPS) is 12.8. The van der Waals surface area contributed by atoms with Crippen LogP contribution in [0.3, 0.4) is 0 Å². The molecule has 0 rings (SSSR count). The highest BCUT2D eigenvalue weighted by atomic mass is 79.9. The Morgan fingerprint density at radius 3 is 2.15 bits per heavy atom. The highest BCUT2D eigenvalue weighted by Crippen LogP contribution is 2.19. The molecule has 1 amide bonds. The first-order valence-corrected chi connectivity index (χ1v) is 4.46. The van der Waals surface area contributed by atoms with Crippen LogP contribution >= 0.6 is 15.9 Å². The highest BCUT2D eigenvalue weighted by molar-refractivity contribution is 9.10. The van der Waals surface area contributed by atoms with Crippen LogP contribution in [0.4, 0.5) is 13.2 Å². The van der Waals surface area contributed by atoms with Gasteiger partial charge in [-0.3, -0.25) is 4.79 Å². The van der Waals surface area contributed by atoms with E-state index in [0.29, 0.717) is 0 Å². The first-order valence-electron chi connectivity index (χ1n) is 3.67. The first-order chi connectivity index (χ1) is 5.63. The van der Waals surface area contributed by atoms with E-state index in [4.69, 9.17) is 0 Å². The van der Waals surface area contributed by atoms with Crippen molar-refractivity contribution in [2.24, 2.45) is 0 Å². The molecule has 13 heavy (non-hydrogen) atoms. The van der Waals surface area contributed by atoms with E-state index in [-0.39, 0.29) is 6.54 Å². The maximum Gasteiger partial charge on any atom is 0.390 e. The summed E-state index contributed by atoms with van der Waals surface area (Å²) >= 11 is 3.03. The Labute approximate surface area is 83.0 Å². The fourth-order valence-electron chi connectivity index (χ4n) is 0.528. The fraction of sp³-hybridized carbons (Fsp3) is 0.857. The molecule has 1 N–H and O–H groups in total. The minimum absolute atomic E-state index is 0.378. The lowest BCUT2D eigenvalue weighted by Crippen LogP contribution is -2.39. The SMILES string of the molecule is CC(C)(Br)C(=O)NCCC(F)(F)F. The maximum atomic E-state index is 11.6. The van der Waals surface area contributed by atoms with E-state index < -0.39 is 22.8 Å². The first kappa shape index (κ1) is 12.7. The summed E-state index contributed by atoms with van der Waals surface area (Å²) in [7, 11) is 0. The molecule has 0 aromatic heterocycles. The van der Waals surface area contributed by atoms with Gasteiger partial charge in [-0.2, -0.15) is 13.2 Å². The van der Waals surface area contributed by atoms with Crippen LogP contribution in [0, 0.1) is 0 Å². The molecule has 0 aliphatic heterocycles. The Bertz CT molecular complexity index is 185. The number of carbonyl (C=O) groups is 1. The predicted molar refractivity (Wildman–Crippen MR) is 46.7 cm³/mol. The molecule has 0 spiro atoms. The van der Waals surface area contributed by atoms with Gasteiger partial charge in [-0.1, -0.05) is 15.9 Å². The molecule has 0 aromatic rings. The van der Waals surface area contributed by atoms with Crippen LogP contribution in [0.15, 0.2) is 0 Å². The molecule has 0 saturated heterocycles. The van der Waals surface area contributed by atoms with Gasteiger partial charge in [-0.15, -0.1) is 0 Å². The molecule has 0 heterocycles. The van der Waals surface area contributed by atoms with E-state index in [9.17, 15) is 18.0 Å². The Morgan fingerprint density at radius 2 is 1.85 bits per heavy atom. The third-order valence-electron chi connectivity index (χ3n) is 1.23. The van der Waals surface area contributed by atoms with Crippen molar-refractivity contribution in [3.63, 3.8) is 0 Å². The van der Waals surface area contributed by atoms with E-state index in [2.05, 4.69) is 21.2 Å². The molecule has 0 bridgehead atoms. The third kappa shape index (κ3) is 6.86. The van der Waals surface area contributed by atoms with Crippen molar-refractivity contribution >= 4 is 21.8 Å². The summed E-state index contributed by atoms with van der Waals surface area (Å²) in [5, 5.41) is 2.17. The van der Waals surface area contributed by atoms with Crippen LogP contribution in [-0.2, 0) is 4.79 Å². The number of alkyl halides is 4. The summed E-state index contributed by atoms with van der Waals surface area (Å²) in [6.07, 6.45) is -5.22. The van der Waals surface area contributed by atoms with Gasteiger partial charge in [-0.25, -0.2) is 0 Å². The van der Waals surface area contributed by atoms with Gasteiger partial charge < -0.3 is 5.32 Å². The van der Waals surface area contributed by atoms with Gasteiger partial charge in [0.15, 0.2) is 0 Å². The summed E-state index contributed by atoms with van der Waals surface area (Å²) in [6.45, 7) is 2.75. The molecule has 0 aliphatic rings. The minimum atomic E-state index is -4.22. The lowest BCUT2D eigenvalue weighted by molar-refractivity contribution is -0.135. The topological polar surface area (TPSA) is 29.1 Å². The molecule has 0 aromatic carbocycles. The van der Waals surface area contributed by atoms with Crippen molar-refractivity contribution in [3.8, 4) is 0 Å². The molecular weight excluding hydrogens is 251 g/mol. The standard InChI is InChI=1S/C7H11BrF3NO/c1-6(2,8)5(13)12-4-3-7(9,10)11/h3-4H2,1-2H3,(H,12,13). The third-order valence-corrected chi connectivity index (χ3v) is 1.59. The molecule has 0 fully saturated rings. The van der Waals surface area contributed by atoms with Crippen LogP contribution in [0.2, 0.25) is 0 Å². The zero-order valence-corrected chi connectivity index (χ0v) is 8.92. The van der Waals surface area contributed by atoms with Crippen molar-refractivity contribution in [2.75, 3.05) is 6.54 Å². The predicted octanol–water partition coefficient (Wildman–Crippen LogP) is 2.23. The molecule has 0 saturated carbocycles. The summed E-state index contributed by atoms with van der Waals surface area (Å²) in [6, 6.07) is 0. The maximum absolute atomic E-state index is 11.6. The number of rotatable bonds is 3. The Balaban J connectivity index is 3.74. The summed E-state index contributed by atoms with van der Waals surface area (Å²) < 4.78 is 34.1. The fourth-order valence-corrected chi connectivity index (χ4v) is 0.668. The average molecular weight is 262 g/mol. The van der Waals surface area contributed by atoms with Gasteiger partial charge in [-0.05, 0) is 13.8 Å². The molecule has 0 radical (unpaired) electrons. The van der Waals surface area contributed by atoms with Gasteiger partial charge in [0, 0.05) is 6.54 Å². The number of nitrogens with one attached hydrogen (secondary N) is 1. The van der Waals surface area contributed by atoms with Crippen molar-refractivity contribution < 1.29 is 18.0 Å². The molecule has 0 atom stereocenters. The van der Waals surface area contributed by atoms with Crippen LogP contribution in [0.5, 0.6) is 0 Å². The van der Waals surface area contributed by atoms with Gasteiger partial charge in [0.2, 0.25) is 5.91 Å². The van der Waals surface area contributed by atoms with E-state index in [0.717, 1.165) is 0 Å². The lowest BCUT2D eigenvalue weighted by Gasteiger charge is -2.16. The molecule has 0 aliphatic carbocycles. The lowest BCUT2D eigenvalue weighted by atomic mass is 10.2. The van der Waals surface area contributed by atoms with Crippen LogP contribution in [0.25, 0.3) is 0 Å². The zero-order valence-electron chi connectivity index (χ0n) is 7.33. The smallest absolute Gasteiger partial charge is 0.355 e. The van der Waals surface area contributed by atoms with Gasteiger partial charge in [0.25, 0.3) is 0 Å². The average Bonchev–Trinajstić information content (AvgIpc) is 1.82. The van der Waals surface area contributed by atoms with Crippen LogP contribution < -0.4 is 5.32 Å². The van der Waals surface area contributed by atoms with E-state index in [1.54, 1.807) is 13.8 Å².